The number of nitriles is 1. The van der Waals surface area contributed by atoms with E-state index in [1.807, 2.05) is 19.1 Å². The Balaban J connectivity index is 2.60. The molecular weight excluding hydrogens is 282 g/mol. The van der Waals surface area contributed by atoms with E-state index < -0.39 is 5.97 Å². The summed E-state index contributed by atoms with van der Waals surface area (Å²) in [4.78, 5) is 14.4. The summed E-state index contributed by atoms with van der Waals surface area (Å²) in [6.07, 6.45) is 5.77. The molecule has 0 aromatic carbocycles. The average molecular weight is 301 g/mol. The maximum Gasteiger partial charge on any atom is 0.317 e. The number of rotatable bonds is 9. The van der Waals surface area contributed by atoms with Crippen molar-refractivity contribution in [2.75, 3.05) is 13.1 Å². The molecule has 1 heterocycles. The Labute approximate surface area is 129 Å². The normalized spacial score (nSPS) is 10.8. The van der Waals surface area contributed by atoms with Crippen molar-refractivity contribution in [2.45, 2.75) is 20.0 Å². The van der Waals surface area contributed by atoms with E-state index in [1.165, 1.54) is 6.20 Å². The van der Waals surface area contributed by atoms with E-state index in [0.717, 1.165) is 12.0 Å². The number of carboxylic acid groups (broad SMARTS) is 1. The minimum atomic E-state index is -0.922. The highest BCUT2D eigenvalue weighted by Gasteiger charge is 2.06. The van der Waals surface area contributed by atoms with Gasteiger partial charge in [0.15, 0.2) is 0 Å². The van der Waals surface area contributed by atoms with Crippen LogP contribution in [0.2, 0.25) is 0 Å². The van der Waals surface area contributed by atoms with E-state index in [0.29, 0.717) is 23.4 Å². The predicted octanol–water partition coefficient (Wildman–Crippen LogP) is 1.99. The lowest BCUT2D eigenvalue weighted by Gasteiger charge is -2.13. The molecule has 0 saturated heterocycles. The molecular formula is C16H19N3O3. The second-order valence-corrected chi connectivity index (χ2v) is 4.56. The summed E-state index contributed by atoms with van der Waals surface area (Å²) in [7, 11) is 0. The third-order valence-corrected chi connectivity index (χ3v) is 2.67. The third kappa shape index (κ3) is 6.20. The van der Waals surface area contributed by atoms with Crippen LogP contribution in [0.25, 0.3) is 0 Å². The van der Waals surface area contributed by atoms with Crippen LogP contribution < -0.4 is 5.32 Å². The van der Waals surface area contributed by atoms with Gasteiger partial charge in [-0.15, -0.1) is 0 Å². The number of allylic oxidation sites excluding steroid dienone is 1. The topological polar surface area (TPSA) is 95.2 Å². The van der Waals surface area contributed by atoms with Gasteiger partial charge >= 0.3 is 5.97 Å². The van der Waals surface area contributed by atoms with Gasteiger partial charge in [-0.2, -0.15) is 5.26 Å². The van der Waals surface area contributed by atoms with Crippen LogP contribution in [-0.2, 0) is 16.1 Å². The zero-order chi connectivity index (χ0) is 16.4. The van der Waals surface area contributed by atoms with Crippen molar-refractivity contribution in [3.8, 4) is 6.07 Å². The first kappa shape index (κ1) is 17.4. The van der Waals surface area contributed by atoms with Gasteiger partial charge in [0.2, 0.25) is 0 Å². The summed E-state index contributed by atoms with van der Waals surface area (Å²) < 4.78 is 5.71. The predicted molar refractivity (Wildman–Crippen MR) is 81.8 cm³/mol. The van der Waals surface area contributed by atoms with Crippen LogP contribution in [0.5, 0.6) is 0 Å². The molecule has 1 aromatic rings. The van der Waals surface area contributed by atoms with Crippen molar-refractivity contribution in [3.63, 3.8) is 0 Å². The summed E-state index contributed by atoms with van der Waals surface area (Å²) in [5, 5.41) is 20.2. The summed E-state index contributed by atoms with van der Waals surface area (Å²) >= 11 is 0. The Kier molecular flexibility index (Phi) is 7.37. The van der Waals surface area contributed by atoms with E-state index in [9.17, 15) is 4.79 Å². The molecule has 0 aliphatic heterocycles. The molecule has 1 aromatic heterocycles. The van der Waals surface area contributed by atoms with Gasteiger partial charge in [-0.1, -0.05) is 13.5 Å². The number of carbonyl (C=O) groups is 1. The van der Waals surface area contributed by atoms with Crippen LogP contribution in [-0.4, -0.2) is 29.1 Å². The lowest BCUT2D eigenvalue weighted by molar-refractivity contribution is -0.135. The molecule has 0 spiro atoms. The molecule has 1 rings (SSSR count). The van der Waals surface area contributed by atoms with Gasteiger partial charge in [0.1, 0.15) is 18.4 Å². The summed E-state index contributed by atoms with van der Waals surface area (Å²) in [6, 6.07) is 3.74. The molecule has 0 aliphatic carbocycles. The van der Waals surface area contributed by atoms with Crippen molar-refractivity contribution in [3.05, 3.63) is 53.6 Å². The number of nitrogens with one attached hydrogen (secondary N) is 1. The van der Waals surface area contributed by atoms with E-state index in [1.54, 1.807) is 12.3 Å². The quantitative estimate of drug-likeness (QED) is 0.535. The number of pyridine rings is 1. The van der Waals surface area contributed by atoms with Crippen molar-refractivity contribution >= 4 is 5.97 Å². The van der Waals surface area contributed by atoms with Crippen LogP contribution in [0.4, 0.5) is 0 Å². The molecule has 6 heteroatoms. The molecule has 0 unspecified atom stereocenters. The second kappa shape index (κ2) is 9.32. The standard InChI is InChI=1S/C16H19N3O3/c1-3-4-15(12(2)7-18-10-16(20)21)22-11-14-5-13(6-17)8-19-9-14/h4-5,8-9,18H,2-3,7,10-11H2,1H3,(H,20,21)/b15-4+. The van der Waals surface area contributed by atoms with Crippen molar-refractivity contribution in [1.29, 1.82) is 5.26 Å². The Hall–Kier alpha value is -2.65. The van der Waals surface area contributed by atoms with Crippen LogP contribution in [0.15, 0.2) is 42.4 Å². The lowest BCUT2D eigenvalue weighted by Crippen LogP contribution is -2.25. The molecule has 0 atom stereocenters. The van der Waals surface area contributed by atoms with Gasteiger partial charge in [0.05, 0.1) is 12.1 Å². The van der Waals surface area contributed by atoms with Gasteiger partial charge in [-0.05, 0) is 18.6 Å². The summed E-state index contributed by atoms with van der Waals surface area (Å²) in [6.45, 7) is 6.34. The van der Waals surface area contributed by atoms with E-state index in [2.05, 4.69) is 16.9 Å². The lowest BCUT2D eigenvalue weighted by atomic mass is 10.2. The number of hydrogen-bond donors (Lipinski definition) is 2. The van der Waals surface area contributed by atoms with E-state index >= 15 is 0 Å². The number of aromatic nitrogens is 1. The molecule has 22 heavy (non-hydrogen) atoms. The number of nitrogens with zero attached hydrogens (tertiary/aromatic N) is 2. The molecule has 0 saturated carbocycles. The molecule has 0 fully saturated rings. The monoisotopic (exact) mass is 301 g/mol. The molecule has 0 bridgehead atoms. The first-order valence-corrected chi connectivity index (χ1v) is 6.84. The Morgan fingerprint density at radius 1 is 1.55 bits per heavy atom. The first-order valence-electron chi connectivity index (χ1n) is 6.84. The maximum absolute atomic E-state index is 10.5. The second-order valence-electron chi connectivity index (χ2n) is 4.56. The Morgan fingerprint density at radius 2 is 2.32 bits per heavy atom. The Morgan fingerprint density at radius 3 is 2.95 bits per heavy atom. The van der Waals surface area contributed by atoms with Gasteiger partial charge in [-0.25, -0.2) is 0 Å². The summed E-state index contributed by atoms with van der Waals surface area (Å²) in [5.74, 6) is -0.308. The fraction of sp³-hybridized carbons (Fsp3) is 0.312. The number of ether oxygens (including phenoxy) is 1. The number of hydrogen-bond acceptors (Lipinski definition) is 5. The highest BCUT2D eigenvalue weighted by Crippen LogP contribution is 2.13. The zero-order valence-corrected chi connectivity index (χ0v) is 12.5. The van der Waals surface area contributed by atoms with Gasteiger partial charge in [0, 0.05) is 30.1 Å². The van der Waals surface area contributed by atoms with Crippen LogP contribution in [0, 0.1) is 11.3 Å². The minimum Gasteiger partial charge on any atom is -0.489 e. The van der Waals surface area contributed by atoms with E-state index in [-0.39, 0.29) is 13.2 Å². The first-order chi connectivity index (χ1) is 10.6. The van der Waals surface area contributed by atoms with Crippen molar-refractivity contribution < 1.29 is 14.6 Å². The Bertz CT molecular complexity index is 603. The fourth-order valence-electron chi connectivity index (χ4n) is 1.69. The summed E-state index contributed by atoms with van der Waals surface area (Å²) in [5.41, 5.74) is 1.93. The molecule has 0 amide bonds. The van der Waals surface area contributed by atoms with Crippen molar-refractivity contribution in [2.24, 2.45) is 0 Å². The minimum absolute atomic E-state index is 0.132. The number of carboxylic acids is 1. The molecule has 116 valence electrons. The smallest absolute Gasteiger partial charge is 0.317 e. The van der Waals surface area contributed by atoms with Crippen LogP contribution >= 0.6 is 0 Å². The third-order valence-electron chi connectivity index (χ3n) is 2.67. The van der Waals surface area contributed by atoms with Gasteiger partial charge < -0.3 is 15.2 Å². The molecule has 0 radical (unpaired) electrons. The molecule has 0 aliphatic rings. The zero-order valence-electron chi connectivity index (χ0n) is 12.5. The van der Waals surface area contributed by atoms with Gasteiger partial charge in [0.25, 0.3) is 0 Å². The van der Waals surface area contributed by atoms with Crippen LogP contribution in [0.1, 0.15) is 24.5 Å². The molecule has 2 N–H and O–H groups in total. The SMILES string of the molecule is C=C(CNCC(=O)O)/C(=C\CC)OCc1cncc(C#N)c1. The number of aliphatic carboxylic acids is 1. The highest BCUT2D eigenvalue weighted by molar-refractivity contribution is 5.69. The highest BCUT2D eigenvalue weighted by atomic mass is 16.5. The van der Waals surface area contributed by atoms with Gasteiger partial charge in [-0.3, -0.25) is 9.78 Å². The fourth-order valence-corrected chi connectivity index (χ4v) is 1.69. The maximum atomic E-state index is 10.5. The average Bonchev–Trinajstić information content (AvgIpc) is 2.51. The van der Waals surface area contributed by atoms with Crippen molar-refractivity contribution in [1.82, 2.24) is 10.3 Å². The largest absolute Gasteiger partial charge is 0.489 e. The molecule has 6 nitrogen and oxygen atoms in total. The van der Waals surface area contributed by atoms with Crippen LogP contribution in [0.3, 0.4) is 0 Å². The van der Waals surface area contributed by atoms with E-state index in [4.69, 9.17) is 15.1 Å².